The Labute approximate surface area is 157 Å². The topological polar surface area (TPSA) is 57.2 Å². The predicted octanol–water partition coefficient (Wildman–Crippen LogP) is 1.86. The normalized spacial score (nSPS) is 14.2. The molecule has 1 aliphatic rings. The molecule has 1 amide bonds. The average molecular weight is 361 g/mol. The molecule has 0 aliphatic heterocycles. The summed E-state index contributed by atoms with van der Waals surface area (Å²) < 4.78 is 5.69. The van der Waals surface area contributed by atoms with E-state index < -0.39 is 0 Å². The molecular weight excluding hydrogens is 328 g/mol. The van der Waals surface area contributed by atoms with Crippen LogP contribution >= 0.6 is 0 Å². The van der Waals surface area contributed by atoms with Crippen molar-refractivity contribution in [3.63, 3.8) is 0 Å². The van der Waals surface area contributed by atoms with Crippen LogP contribution in [-0.4, -0.2) is 76.2 Å². The van der Waals surface area contributed by atoms with E-state index in [0.717, 1.165) is 55.7 Å². The van der Waals surface area contributed by atoms with Crippen LogP contribution < -0.4 is 5.32 Å². The Hall–Kier alpha value is -2.08. The second kappa shape index (κ2) is 10.2. The molecule has 1 saturated carbocycles. The van der Waals surface area contributed by atoms with Gasteiger partial charge in [-0.25, -0.2) is 0 Å². The highest BCUT2D eigenvalue weighted by Crippen LogP contribution is 2.28. The molecule has 2 rings (SSSR count). The van der Waals surface area contributed by atoms with E-state index in [2.05, 4.69) is 15.2 Å². The third kappa shape index (κ3) is 6.67. The number of likely N-dealkylation sites (N-methyl/N-ethyl adjacent to an activating group) is 1. The maximum absolute atomic E-state index is 12.1. The maximum Gasteiger partial charge on any atom is 0.253 e. The summed E-state index contributed by atoms with van der Waals surface area (Å²) in [5, 5.41) is 3.38. The zero-order valence-corrected chi connectivity index (χ0v) is 16.5. The van der Waals surface area contributed by atoms with Gasteiger partial charge >= 0.3 is 0 Å². The lowest BCUT2D eigenvalue weighted by Crippen LogP contribution is -2.41. The van der Waals surface area contributed by atoms with Gasteiger partial charge in [-0.1, -0.05) is 12.1 Å². The molecule has 1 N–H and O–H groups in total. The highest BCUT2D eigenvalue weighted by molar-refractivity contribution is 5.94. The Morgan fingerprint density at radius 3 is 2.73 bits per heavy atom. The van der Waals surface area contributed by atoms with Crippen LogP contribution in [-0.2, 0) is 11.2 Å². The van der Waals surface area contributed by atoms with Crippen molar-refractivity contribution >= 4 is 11.9 Å². The molecule has 0 saturated heterocycles. The van der Waals surface area contributed by atoms with E-state index in [9.17, 15) is 4.79 Å². The number of carbonyl (C=O) groups excluding carboxylic acids is 1. The molecule has 144 valence electrons. The molecule has 0 unspecified atom stereocenters. The summed E-state index contributed by atoms with van der Waals surface area (Å²) in [6.07, 6.45) is 3.47. The molecule has 1 aliphatic carbocycles. The van der Waals surface area contributed by atoms with Gasteiger partial charge in [-0.3, -0.25) is 9.79 Å². The Morgan fingerprint density at radius 2 is 2.08 bits per heavy atom. The van der Waals surface area contributed by atoms with Crippen LogP contribution in [0.15, 0.2) is 29.3 Å². The van der Waals surface area contributed by atoms with Crippen LogP contribution in [0.1, 0.15) is 28.8 Å². The number of hydrogen-bond acceptors (Lipinski definition) is 3. The van der Waals surface area contributed by atoms with Crippen LogP contribution in [0.3, 0.4) is 0 Å². The molecule has 0 bridgehead atoms. The van der Waals surface area contributed by atoms with E-state index >= 15 is 0 Å². The van der Waals surface area contributed by atoms with E-state index in [1.165, 1.54) is 12.8 Å². The zero-order valence-electron chi connectivity index (χ0n) is 16.5. The van der Waals surface area contributed by atoms with Gasteiger partial charge in [-0.05, 0) is 42.9 Å². The number of carbonyl (C=O) groups is 1. The average Bonchev–Trinajstić information content (AvgIpc) is 3.46. The Bertz CT molecular complexity index is 612. The molecule has 1 aromatic rings. The van der Waals surface area contributed by atoms with Gasteiger partial charge < -0.3 is 19.9 Å². The summed E-state index contributed by atoms with van der Waals surface area (Å²) in [6, 6.07) is 7.80. The van der Waals surface area contributed by atoms with Gasteiger partial charge in [0.05, 0.1) is 6.61 Å². The molecule has 0 heterocycles. The van der Waals surface area contributed by atoms with Crippen molar-refractivity contribution < 1.29 is 9.53 Å². The lowest BCUT2D eigenvalue weighted by molar-refractivity contribution is 0.0827. The first-order chi connectivity index (χ1) is 12.5. The lowest BCUT2D eigenvalue weighted by Gasteiger charge is -2.22. The van der Waals surface area contributed by atoms with Gasteiger partial charge in [0.25, 0.3) is 5.91 Å². The fourth-order valence-corrected chi connectivity index (χ4v) is 2.66. The number of nitrogens with one attached hydrogen (secondary N) is 1. The molecule has 6 nitrogen and oxygen atoms in total. The molecule has 6 heteroatoms. The summed E-state index contributed by atoms with van der Waals surface area (Å²) in [5.41, 5.74) is 1.86. The number of ether oxygens (including phenoxy) is 1. The van der Waals surface area contributed by atoms with Crippen molar-refractivity contribution in [1.82, 2.24) is 15.1 Å². The molecule has 26 heavy (non-hydrogen) atoms. The van der Waals surface area contributed by atoms with Gasteiger partial charge in [-0.2, -0.15) is 0 Å². The molecule has 1 aromatic carbocycles. The summed E-state index contributed by atoms with van der Waals surface area (Å²) in [5.74, 6) is 1.69. The number of guanidine groups is 1. The fraction of sp³-hybridized carbons (Fsp3) is 0.600. The molecule has 0 radical (unpaired) electrons. The third-order valence-corrected chi connectivity index (χ3v) is 4.47. The van der Waals surface area contributed by atoms with Crippen molar-refractivity contribution in [3.8, 4) is 0 Å². The Balaban J connectivity index is 1.74. The number of amides is 1. The summed E-state index contributed by atoms with van der Waals surface area (Å²) in [7, 11) is 7.35. The fourth-order valence-electron chi connectivity index (χ4n) is 2.66. The first-order valence-corrected chi connectivity index (χ1v) is 9.31. The van der Waals surface area contributed by atoms with Gasteiger partial charge in [0.2, 0.25) is 0 Å². The Kier molecular flexibility index (Phi) is 7.91. The monoisotopic (exact) mass is 360 g/mol. The van der Waals surface area contributed by atoms with Crippen LogP contribution in [0, 0.1) is 5.92 Å². The summed E-state index contributed by atoms with van der Waals surface area (Å²) in [6.45, 7) is 3.20. The number of aliphatic imine (C=N–C) groups is 1. The molecule has 0 aromatic heterocycles. The van der Waals surface area contributed by atoms with Crippen LogP contribution in [0.4, 0.5) is 0 Å². The van der Waals surface area contributed by atoms with E-state index in [4.69, 9.17) is 4.74 Å². The van der Waals surface area contributed by atoms with Crippen LogP contribution in [0.2, 0.25) is 0 Å². The minimum atomic E-state index is 0.0292. The SMILES string of the molecule is CN=C(NCCc1cccc(C(=O)N(C)C)c1)N(C)CCOCC1CC1. The zero-order chi connectivity index (χ0) is 18.9. The second-order valence-electron chi connectivity index (χ2n) is 7.06. The molecule has 1 fully saturated rings. The first-order valence-electron chi connectivity index (χ1n) is 9.31. The number of benzene rings is 1. The van der Waals surface area contributed by atoms with E-state index in [-0.39, 0.29) is 5.91 Å². The quantitative estimate of drug-likeness (QED) is 0.415. The minimum absolute atomic E-state index is 0.0292. The lowest BCUT2D eigenvalue weighted by atomic mass is 10.1. The number of rotatable bonds is 9. The van der Waals surface area contributed by atoms with Crippen molar-refractivity contribution in [2.75, 3.05) is 54.5 Å². The highest BCUT2D eigenvalue weighted by atomic mass is 16.5. The smallest absolute Gasteiger partial charge is 0.253 e. The molecular formula is C20H32N4O2. The first kappa shape index (κ1) is 20.2. The van der Waals surface area contributed by atoms with E-state index in [0.29, 0.717) is 0 Å². The van der Waals surface area contributed by atoms with E-state index in [1.54, 1.807) is 26.0 Å². The summed E-state index contributed by atoms with van der Waals surface area (Å²) in [4.78, 5) is 20.1. The van der Waals surface area contributed by atoms with Crippen LogP contribution in [0.5, 0.6) is 0 Å². The predicted molar refractivity (Wildman–Crippen MR) is 106 cm³/mol. The standard InChI is InChI=1S/C20H32N4O2/c1-21-20(24(4)12-13-26-15-17-8-9-17)22-11-10-16-6-5-7-18(14-16)19(25)23(2)3/h5-7,14,17H,8-13,15H2,1-4H3,(H,21,22). The molecule has 0 spiro atoms. The number of nitrogens with zero attached hydrogens (tertiary/aromatic N) is 3. The molecule has 0 atom stereocenters. The minimum Gasteiger partial charge on any atom is -0.379 e. The maximum atomic E-state index is 12.1. The second-order valence-corrected chi connectivity index (χ2v) is 7.06. The van der Waals surface area contributed by atoms with Crippen molar-refractivity contribution in [3.05, 3.63) is 35.4 Å². The van der Waals surface area contributed by atoms with Crippen molar-refractivity contribution in [1.29, 1.82) is 0 Å². The van der Waals surface area contributed by atoms with Crippen LogP contribution in [0.25, 0.3) is 0 Å². The number of hydrogen-bond donors (Lipinski definition) is 1. The van der Waals surface area contributed by atoms with Gasteiger partial charge in [0, 0.05) is 53.5 Å². The van der Waals surface area contributed by atoms with Crippen molar-refractivity contribution in [2.24, 2.45) is 10.9 Å². The van der Waals surface area contributed by atoms with Gasteiger partial charge in [0.15, 0.2) is 5.96 Å². The Morgan fingerprint density at radius 1 is 1.31 bits per heavy atom. The third-order valence-electron chi connectivity index (χ3n) is 4.47. The van der Waals surface area contributed by atoms with E-state index in [1.807, 2.05) is 31.3 Å². The highest BCUT2D eigenvalue weighted by Gasteiger charge is 2.21. The summed E-state index contributed by atoms with van der Waals surface area (Å²) >= 11 is 0. The van der Waals surface area contributed by atoms with Gasteiger partial charge in [0.1, 0.15) is 0 Å². The van der Waals surface area contributed by atoms with Crippen molar-refractivity contribution in [2.45, 2.75) is 19.3 Å². The van der Waals surface area contributed by atoms with Gasteiger partial charge in [-0.15, -0.1) is 0 Å². The largest absolute Gasteiger partial charge is 0.379 e.